The molecule has 1 heterocycles. The maximum absolute atomic E-state index is 11.3. The van der Waals surface area contributed by atoms with Crippen molar-refractivity contribution in [3.05, 3.63) is 11.6 Å². The minimum atomic E-state index is -1.14. The third-order valence-corrected chi connectivity index (χ3v) is 7.57. The second-order valence-corrected chi connectivity index (χ2v) is 9.43. The summed E-state index contributed by atoms with van der Waals surface area (Å²) in [7, 11) is 0. The molecule has 0 aromatic rings. The van der Waals surface area contributed by atoms with Crippen LogP contribution in [0.2, 0.25) is 0 Å². The molecule has 2 aliphatic carbocycles. The standard InChI is InChI=1S/C20H32O5/c1-18(2)13-7-10-20(4,24)14(19(13,3)9-8-15(18)21)6-5-12-11-16(22)25-17(12)23/h11,13-15,17,21,23-24H,5-10H2,1-4H3/t13-,14+,15-,17+,19-,20+/m1/s1. The van der Waals surface area contributed by atoms with Crippen LogP contribution < -0.4 is 0 Å². The Labute approximate surface area is 150 Å². The number of hydrogen-bond acceptors (Lipinski definition) is 5. The molecule has 0 aromatic heterocycles. The maximum atomic E-state index is 11.3. The molecule has 0 amide bonds. The van der Waals surface area contributed by atoms with Crippen molar-refractivity contribution in [3.8, 4) is 0 Å². The van der Waals surface area contributed by atoms with Crippen LogP contribution in [0.1, 0.15) is 66.2 Å². The Kier molecular flexibility index (Phi) is 4.58. The number of ether oxygens (including phenoxy) is 1. The average Bonchev–Trinajstić information content (AvgIpc) is 2.80. The second kappa shape index (κ2) is 6.07. The third-order valence-electron chi connectivity index (χ3n) is 7.57. The summed E-state index contributed by atoms with van der Waals surface area (Å²) in [6, 6.07) is 0. The first-order valence-corrected chi connectivity index (χ1v) is 9.48. The lowest BCUT2D eigenvalue weighted by molar-refractivity contribution is -0.196. The summed E-state index contributed by atoms with van der Waals surface area (Å²) in [6.45, 7) is 8.46. The van der Waals surface area contributed by atoms with Gasteiger partial charge in [0.05, 0.1) is 11.7 Å². The molecule has 0 bridgehead atoms. The molecular weight excluding hydrogens is 320 g/mol. The monoisotopic (exact) mass is 352 g/mol. The Hall–Kier alpha value is -0.910. The molecule has 6 atom stereocenters. The molecule has 0 aromatic carbocycles. The van der Waals surface area contributed by atoms with Gasteiger partial charge < -0.3 is 20.1 Å². The van der Waals surface area contributed by atoms with Crippen molar-refractivity contribution in [1.82, 2.24) is 0 Å². The van der Waals surface area contributed by atoms with Crippen molar-refractivity contribution in [1.29, 1.82) is 0 Å². The van der Waals surface area contributed by atoms with Crippen LogP contribution in [0.25, 0.3) is 0 Å². The Morgan fingerprint density at radius 3 is 2.44 bits per heavy atom. The van der Waals surface area contributed by atoms with E-state index in [0.29, 0.717) is 30.8 Å². The number of carbonyl (C=O) groups is 1. The number of rotatable bonds is 3. The van der Waals surface area contributed by atoms with Crippen molar-refractivity contribution in [3.63, 3.8) is 0 Å². The molecule has 5 nitrogen and oxygen atoms in total. The highest BCUT2D eigenvalue weighted by atomic mass is 16.6. The van der Waals surface area contributed by atoms with Crippen LogP contribution in [0.15, 0.2) is 11.6 Å². The molecule has 0 spiro atoms. The molecule has 0 unspecified atom stereocenters. The van der Waals surface area contributed by atoms with E-state index in [0.717, 1.165) is 19.3 Å². The van der Waals surface area contributed by atoms with Crippen molar-refractivity contribution >= 4 is 5.97 Å². The molecule has 1 aliphatic heterocycles. The van der Waals surface area contributed by atoms with Gasteiger partial charge in [-0.1, -0.05) is 20.8 Å². The van der Waals surface area contributed by atoms with Gasteiger partial charge in [0, 0.05) is 11.6 Å². The van der Waals surface area contributed by atoms with Gasteiger partial charge in [0.25, 0.3) is 0 Å². The maximum Gasteiger partial charge on any atom is 0.333 e. The Morgan fingerprint density at radius 1 is 1.16 bits per heavy atom. The molecule has 2 saturated carbocycles. The summed E-state index contributed by atoms with van der Waals surface area (Å²) in [5.41, 5.74) is -0.424. The first kappa shape index (κ1) is 18.9. The summed E-state index contributed by atoms with van der Waals surface area (Å²) in [5.74, 6) is -0.104. The Bertz CT molecular complexity index is 579. The molecule has 2 fully saturated rings. The molecule has 5 heteroatoms. The number of fused-ring (bicyclic) bond motifs is 1. The fraction of sp³-hybridized carbons (Fsp3) is 0.850. The van der Waals surface area contributed by atoms with Crippen molar-refractivity contribution in [2.75, 3.05) is 0 Å². The molecule has 3 rings (SSSR count). The molecule has 25 heavy (non-hydrogen) atoms. The van der Waals surface area contributed by atoms with Crippen LogP contribution in [-0.2, 0) is 9.53 Å². The third kappa shape index (κ3) is 3.04. The summed E-state index contributed by atoms with van der Waals surface area (Å²) in [6.07, 6.45) is 4.43. The van der Waals surface area contributed by atoms with Gasteiger partial charge in [-0.05, 0) is 68.1 Å². The molecule has 3 N–H and O–H groups in total. The summed E-state index contributed by atoms with van der Waals surface area (Å²) in [4.78, 5) is 11.3. The lowest BCUT2D eigenvalue weighted by Crippen LogP contribution is -2.60. The normalized spacial score (nSPS) is 46.4. The van der Waals surface area contributed by atoms with Gasteiger partial charge in [-0.15, -0.1) is 0 Å². The SMILES string of the molecule is CC1(C)[C@H](O)CC[C@]2(C)[C@@H]1CC[C@](C)(O)[C@H]2CCC1=CC(=O)O[C@@H]1O. The van der Waals surface area contributed by atoms with Crippen molar-refractivity contribution < 1.29 is 24.9 Å². The van der Waals surface area contributed by atoms with Gasteiger partial charge in [-0.25, -0.2) is 4.79 Å². The van der Waals surface area contributed by atoms with Crippen LogP contribution in [0, 0.1) is 22.7 Å². The van der Waals surface area contributed by atoms with E-state index < -0.39 is 17.9 Å². The Morgan fingerprint density at radius 2 is 1.84 bits per heavy atom. The summed E-state index contributed by atoms with van der Waals surface area (Å²) < 4.78 is 4.77. The van der Waals surface area contributed by atoms with Crippen LogP contribution in [0.4, 0.5) is 0 Å². The number of aliphatic hydroxyl groups excluding tert-OH is 2. The van der Waals surface area contributed by atoms with Gasteiger partial charge in [-0.2, -0.15) is 0 Å². The highest BCUT2D eigenvalue weighted by Crippen LogP contribution is 2.63. The van der Waals surface area contributed by atoms with Crippen LogP contribution in [0.3, 0.4) is 0 Å². The minimum absolute atomic E-state index is 0.0503. The van der Waals surface area contributed by atoms with Crippen LogP contribution >= 0.6 is 0 Å². The first-order chi connectivity index (χ1) is 11.5. The zero-order valence-electron chi connectivity index (χ0n) is 15.8. The van der Waals surface area contributed by atoms with Gasteiger partial charge in [0.15, 0.2) is 0 Å². The van der Waals surface area contributed by atoms with Crippen molar-refractivity contribution in [2.24, 2.45) is 22.7 Å². The van der Waals surface area contributed by atoms with Gasteiger partial charge in [-0.3, -0.25) is 0 Å². The molecular formula is C20H32O5. The van der Waals surface area contributed by atoms with E-state index >= 15 is 0 Å². The summed E-state index contributed by atoms with van der Waals surface area (Å²) in [5, 5.41) is 31.5. The lowest BCUT2D eigenvalue weighted by atomic mass is 9.44. The average molecular weight is 352 g/mol. The van der Waals surface area contributed by atoms with E-state index in [4.69, 9.17) is 4.74 Å². The summed E-state index contributed by atoms with van der Waals surface area (Å²) >= 11 is 0. The van der Waals surface area contributed by atoms with Crippen molar-refractivity contribution in [2.45, 2.75) is 84.2 Å². The zero-order chi connectivity index (χ0) is 18.6. The molecule has 142 valence electrons. The number of esters is 1. The number of cyclic esters (lactones) is 1. The minimum Gasteiger partial charge on any atom is -0.429 e. The number of aliphatic hydroxyl groups is 3. The fourth-order valence-corrected chi connectivity index (χ4v) is 6.11. The lowest BCUT2D eigenvalue weighted by Gasteiger charge is -2.62. The van der Waals surface area contributed by atoms with E-state index in [9.17, 15) is 20.1 Å². The zero-order valence-corrected chi connectivity index (χ0v) is 15.8. The van der Waals surface area contributed by atoms with E-state index in [1.54, 1.807) is 0 Å². The van der Waals surface area contributed by atoms with E-state index in [-0.39, 0.29) is 22.9 Å². The second-order valence-electron chi connectivity index (χ2n) is 9.43. The largest absolute Gasteiger partial charge is 0.429 e. The Balaban J connectivity index is 1.84. The van der Waals surface area contributed by atoms with Crippen LogP contribution in [0.5, 0.6) is 0 Å². The van der Waals surface area contributed by atoms with Gasteiger partial charge in [0.1, 0.15) is 0 Å². The first-order valence-electron chi connectivity index (χ1n) is 9.48. The highest BCUT2D eigenvalue weighted by molar-refractivity contribution is 5.85. The van der Waals surface area contributed by atoms with E-state index in [1.807, 2.05) is 6.92 Å². The van der Waals surface area contributed by atoms with E-state index in [1.165, 1.54) is 6.08 Å². The quantitative estimate of drug-likeness (QED) is 0.680. The smallest absolute Gasteiger partial charge is 0.333 e. The number of hydrogen-bond donors (Lipinski definition) is 3. The predicted octanol–water partition coefficient (Wildman–Crippen LogP) is 2.53. The van der Waals surface area contributed by atoms with Gasteiger partial charge in [0.2, 0.25) is 6.29 Å². The molecule has 0 saturated heterocycles. The fourth-order valence-electron chi connectivity index (χ4n) is 6.11. The topological polar surface area (TPSA) is 87.0 Å². The highest BCUT2D eigenvalue weighted by Gasteiger charge is 2.59. The van der Waals surface area contributed by atoms with E-state index in [2.05, 4.69) is 20.8 Å². The number of carbonyl (C=O) groups excluding carboxylic acids is 1. The van der Waals surface area contributed by atoms with Crippen LogP contribution in [-0.4, -0.2) is 39.3 Å². The predicted molar refractivity (Wildman–Crippen MR) is 93.4 cm³/mol. The molecule has 0 radical (unpaired) electrons. The molecule has 3 aliphatic rings. The van der Waals surface area contributed by atoms with Gasteiger partial charge >= 0.3 is 5.97 Å².